The zero-order valence-corrected chi connectivity index (χ0v) is 12.2. The smallest absolute Gasteiger partial charge is 0.220 e. The second-order valence-corrected chi connectivity index (χ2v) is 5.46. The van der Waals surface area contributed by atoms with E-state index in [1.54, 1.807) is 7.11 Å². The summed E-state index contributed by atoms with van der Waals surface area (Å²) in [7, 11) is 1.66. The van der Waals surface area contributed by atoms with E-state index in [0.717, 1.165) is 37.9 Å². The Kier molecular flexibility index (Phi) is 5.01. The summed E-state index contributed by atoms with van der Waals surface area (Å²) in [6, 6.07) is 8.05. The van der Waals surface area contributed by atoms with Gasteiger partial charge in [-0.15, -0.1) is 0 Å². The van der Waals surface area contributed by atoms with Gasteiger partial charge >= 0.3 is 0 Å². The number of ether oxygens (including phenoxy) is 1. The first kappa shape index (κ1) is 14.9. The van der Waals surface area contributed by atoms with Crippen LogP contribution in [-0.2, 0) is 10.3 Å². The minimum Gasteiger partial charge on any atom is -0.497 e. The second-order valence-electron chi connectivity index (χ2n) is 5.46. The van der Waals surface area contributed by atoms with Crippen molar-refractivity contribution < 1.29 is 9.53 Å². The molecule has 0 spiro atoms. The molecule has 1 fully saturated rings. The van der Waals surface area contributed by atoms with E-state index in [1.807, 2.05) is 12.1 Å². The van der Waals surface area contributed by atoms with E-state index in [4.69, 9.17) is 10.5 Å². The number of methoxy groups -OCH3 is 1. The fourth-order valence-corrected chi connectivity index (χ4v) is 2.97. The van der Waals surface area contributed by atoms with Crippen LogP contribution in [0.3, 0.4) is 0 Å². The first-order valence-electron chi connectivity index (χ1n) is 7.36. The zero-order chi connectivity index (χ0) is 14.4. The van der Waals surface area contributed by atoms with Crippen LogP contribution in [0.4, 0.5) is 0 Å². The standard InChI is InChI=1S/C16H24N2O2/c1-20-14-8-6-13(7-9-14)16(10-2-3-11-16)18-15(19)5-4-12-17/h6-9H,2-5,10-12,17H2,1H3,(H,18,19). The van der Waals surface area contributed by atoms with Crippen LogP contribution in [-0.4, -0.2) is 19.6 Å². The van der Waals surface area contributed by atoms with Gasteiger partial charge in [-0.1, -0.05) is 25.0 Å². The van der Waals surface area contributed by atoms with Gasteiger partial charge in [0.1, 0.15) is 5.75 Å². The van der Waals surface area contributed by atoms with Gasteiger partial charge in [0.15, 0.2) is 0 Å². The van der Waals surface area contributed by atoms with Crippen LogP contribution >= 0.6 is 0 Å². The number of carbonyl (C=O) groups excluding carboxylic acids is 1. The van der Waals surface area contributed by atoms with E-state index in [9.17, 15) is 4.79 Å². The number of nitrogens with two attached hydrogens (primary N) is 1. The van der Waals surface area contributed by atoms with Crippen LogP contribution in [0.15, 0.2) is 24.3 Å². The van der Waals surface area contributed by atoms with E-state index < -0.39 is 0 Å². The molecule has 0 bridgehead atoms. The fourth-order valence-electron chi connectivity index (χ4n) is 2.97. The molecule has 0 aliphatic heterocycles. The number of hydrogen-bond donors (Lipinski definition) is 2. The molecule has 1 aromatic rings. The van der Waals surface area contributed by atoms with Crippen LogP contribution in [0.5, 0.6) is 5.75 Å². The number of carbonyl (C=O) groups is 1. The maximum absolute atomic E-state index is 12.1. The third-order valence-electron chi connectivity index (χ3n) is 4.09. The number of nitrogens with one attached hydrogen (secondary N) is 1. The Balaban J connectivity index is 2.13. The van der Waals surface area contributed by atoms with Crippen molar-refractivity contribution >= 4 is 5.91 Å². The predicted molar refractivity (Wildman–Crippen MR) is 79.6 cm³/mol. The zero-order valence-electron chi connectivity index (χ0n) is 12.2. The topological polar surface area (TPSA) is 64.3 Å². The lowest BCUT2D eigenvalue weighted by Gasteiger charge is -2.31. The van der Waals surface area contributed by atoms with Gasteiger partial charge in [-0.05, 0) is 43.5 Å². The van der Waals surface area contributed by atoms with Gasteiger partial charge in [0.2, 0.25) is 5.91 Å². The molecular weight excluding hydrogens is 252 g/mol. The lowest BCUT2D eigenvalue weighted by atomic mass is 9.88. The lowest BCUT2D eigenvalue weighted by Crippen LogP contribution is -2.43. The van der Waals surface area contributed by atoms with E-state index in [0.29, 0.717) is 13.0 Å². The molecule has 1 aromatic carbocycles. The average Bonchev–Trinajstić information content (AvgIpc) is 2.95. The van der Waals surface area contributed by atoms with Gasteiger partial charge in [-0.25, -0.2) is 0 Å². The molecule has 4 heteroatoms. The highest BCUT2D eigenvalue weighted by Crippen LogP contribution is 2.39. The molecule has 2 rings (SSSR count). The third-order valence-corrected chi connectivity index (χ3v) is 4.09. The molecule has 20 heavy (non-hydrogen) atoms. The van der Waals surface area contributed by atoms with Crippen molar-refractivity contribution in [1.29, 1.82) is 0 Å². The van der Waals surface area contributed by atoms with Crippen LogP contribution in [0.2, 0.25) is 0 Å². The van der Waals surface area contributed by atoms with Crippen LogP contribution in [0.1, 0.15) is 44.1 Å². The Morgan fingerprint density at radius 1 is 1.30 bits per heavy atom. The van der Waals surface area contributed by atoms with Crippen LogP contribution in [0, 0.1) is 0 Å². The quantitative estimate of drug-likeness (QED) is 0.838. The van der Waals surface area contributed by atoms with Crippen molar-refractivity contribution in [3.63, 3.8) is 0 Å². The maximum Gasteiger partial charge on any atom is 0.220 e. The Hall–Kier alpha value is -1.55. The summed E-state index contributed by atoms with van der Waals surface area (Å²) in [4.78, 5) is 12.1. The Morgan fingerprint density at radius 3 is 2.50 bits per heavy atom. The molecule has 0 heterocycles. The van der Waals surface area contributed by atoms with E-state index in [2.05, 4.69) is 17.4 Å². The molecule has 0 aromatic heterocycles. The fraction of sp³-hybridized carbons (Fsp3) is 0.562. The van der Waals surface area contributed by atoms with Crippen molar-refractivity contribution in [2.75, 3.05) is 13.7 Å². The molecule has 0 unspecified atom stereocenters. The minimum absolute atomic E-state index is 0.105. The summed E-state index contributed by atoms with van der Waals surface area (Å²) in [5.41, 5.74) is 6.45. The van der Waals surface area contributed by atoms with Crippen LogP contribution < -0.4 is 15.8 Å². The molecule has 4 nitrogen and oxygen atoms in total. The largest absolute Gasteiger partial charge is 0.497 e. The minimum atomic E-state index is -0.196. The molecule has 3 N–H and O–H groups in total. The molecule has 0 saturated heterocycles. The van der Waals surface area contributed by atoms with E-state index >= 15 is 0 Å². The number of hydrogen-bond acceptors (Lipinski definition) is 3. The third kappa shape index (κ3) is 3.31. The number of rotatable bonds is 6. The highest BCUT2D eigenvalue weighted by atomic mass is 16.5. The highest BCUT2D eigenvalue weighted by molar-refractivity contribution is 5.77. The van der Waals surface area contributed by atoms with Crippen molar-refractivity contribution in [3.05, 3.63) is 29.8 Å². The molecule has 1 aliphatic rings. The average molecular weight is 276 g/mol. The second kappa shape index (κ2) is 6.75. The summed E-state index contributed by atoms with van der Waals surface area (Å²) < 4.78 is 5.20. The number of benzene rings is 1. The summed E-state index contributed by atoms with van der Waals surface area (Å²) in [5.74, 6) is 0.949. The normalized spacial score (nSPS) is 16.9. The SMILES string of the molecule is COc1ccc(C2(NC(=O)CCCN)CCCC2)cc1. The molecule has 110 valence electrons. The summed E-state index contributed by atoms with van der Waals surface area (Å²) >= 11 is 0. The van der Waals surface area contributed by atoms with E-state index in [-0.39, 0.29) is 11.4 Å². The van der Waals surface area contributed by atoms with Gasteiger partial charge in [-0.3, -0.25) is 4.79 Å². The molecule has 1 saturated carbocycles. The van der Waals surface area contributed by atoms with Gasteiger partial charge in [0.25, 0.3) is 0 Å². The predicted octanol–water partition coefficient (Wildman–Crippen LogP) is 2.32. The Morgan fingerprint density at radius 2 is 1.95 bits per heavy atom. The molecule has 0 radical (unpaired) electrons. The molecule has 1 aliphatic carbocycles. The van der Waals surface area contributed by atoms with Gasteiger partial charge in [0.05, 0.1) is 12.6 Å². The summed E-state index contributed by atoms with van der Waals surface area (Å²) in [6.07, 6.45) is 5.58. The molecule has 1 amide bonds. The lowest BCUT2D eigenvalue weighted by molar-refractivity contribution is -0.123. The Bertz CT molecular complexity index is 436. The van der Waals surface area contributed by atoms with Crippen molar-refractivity contribution in [2.24, 2.45) is 5.73 Å². The molecular formula is C16H24N2O2. The molecule has 0 atom stereocenters. The highest BCUT2D eigenvalue weighted by Gasteiger charge is 2.36. The van der Waals surface area contributed by atoms with Crippen molar-refractivity contribution in [1.82, 2.24) is 5.32 Å². The first-order chi connectivity index (χ1) is 9.70. The summed E-state index contributed by atoms with van der Waals surface area (Å²) in [5, 5.41) is 3.25. The van der Waals surface area contributed by atoms with Gasteiger partial charge in [0, 0.05) is 6.42 Å². The van der Waals surface area contributed by atoms with Crippen molar-refractivity contribution in [2.45, 2.75) is 44.1 Å². The van der Waals surface area contributed by atoms with Crippen LogP contribution in [0.25, 0.3) is 0 Å². The first-order valence-corrected chi connectivity index (χ1v) is 7.36. The maximum atomic E-state index is 12.1. The Labute approximate surface area is 120 Å². The summed E-state index contributed by atoms with van der Waals surface area (Å²) in [6.45, 7) is 0.558. The van der Waals surface area contributed by atoms with Gasteiger partial charge in [-0.2, -0.15) is 0 Å². The monoisotopic (exact) mass is 276 g/mol. The van der Waals surface area contributed by atoms with Gasteiger partial charge < -0.3 is 15.8 Å². The van der Waals surface area contributed by atoms with Crippen molar-refractivity contribution in [3.8, 4) is 5.75 Å². The van der Waals surface area contributed by atoms with E-state index in [1.165, 1.54) is 5.56 Å². The number of amides is 1.